The maximum absolute atomic E-state index is 11.3. The zero-order chi connectivity index (χ0) is 20.5. The monoisotopic (exact) mass is 414 g/mol. The number of carbonyl (C=O) groups is 1. The number of rotatable bonds is 2. The zero-order valence-electron chi connectivity index (χ0n) is 16.1. The van der Waals surface area contributed by atoms with E-state index in [9.17, 15) is 9.90 Å². The number of anilines is 1. The topological polar surface area (TPSA) is 138 Å². The number of carboxylic acid groups (broad SMARTS) is 1. The molecule has 5 heterocycles. The largest absolute Gasteiger partial charge is 0.465 e. The van der Waals surface area contributed by atoms with Gasteiger partial charge in [0, 0.05) is 25.2 Å². The molecular formula is C18H22N8O2S. The van der Waals surface area contributed by atoms with Gasteiger partial charge in [-0.1, -0.05) is 13.3 Å². The first-order valence-electron chi connectivity index (χ1n) is 9.31. The number of nitrogen functional groups attached to an aromatic ring is 1. The van der Waals surface area contributed by atoms with Crippen LogP contribution in [-0.2, 0) is 0 Å². The van der Waals surface area contributed by atoms with Gasteiger partial charge in [-0.05, 0) is 36.5 Å². The van der Waals surface area contributed by atoms with E-state index in [0.29, 0.717) is 18.7 Å². The lowest BCUT2D eigenvalue weighted by molar-refractivity contribution is 0.153. The second-order valence-electron chi connectivity index (χ2n) is 7.05. The Labute approximate surface area is 170 Å². The van der Waals surface area contributed by atoms with Crippen LogP contribution in [0.2, 0.25) is 0 Å². The first-order chi connectivity index (χ1) is 14.0. The Hall–Kier alpha value is -3.21. The summed E-state index contributed by atoms with van der Waals surface area (Å²) in [6, 6.07) is 3.79. The number of likely N-dealkylation sites (tertiary alicyclic amines) is 1. The highest BCUT2D eigenvalue weighted by molar-refractivity contribution is 7.09. The predicted octanol–water partition coefficient (Wildman–Crippen LogP) is 2.74. The lowest BCUT2D eigenvalue weighted by Gasteiger charge is -2.14. The number of hydrogen-bond donors (Lipinski definition) is 3. The fourth-order valence-corrected chi connectivity index (χ4v) is 4.28. The molecule has 1 amide bonds. The molecule has 4 aromatic heterocycles. The number of aryl methyl sites for hydroxylation is 1. The van der Waals surface area contributed by atoms with E-state index in [1.807, 2.05) is 29.7 Å². The van der Waals surface area contributed by atoms with Crippen LogP contribution in [0.5, 0.6) is 0 Å². The van der Waals surface area contributed by atoms with Gasteiger partial charge in [-0.3, -0.25) is 4.40 Å². The maximum atomic E-state index is 11.3. The molecule has 0 saturated carbocycles. The zero-order valence-corrected chi connectivity index (χ0v) is 16.9. The third kappa shape index (κ3) is 3.60. The minimum Gasteiger partial charge on any atom is -0.465 e. The van der Waals surface area contributed by atoms with E-state index < -0.39 is 6.09 Å². The number of nitrogens with one attached hydrogen (secondary N) is 1. The number of amides is 1. The van der Waals surface area contributed by atoms with E-state index in [0.717, 1.165) is 34.1 Å². The summed E-state index contributed by atoms with van der Waals surface area (Å²) < 4.78 is 5.92. The van der Waals surface area contributed by atoms with Gasteiger partial charge in [-0.2, -0.15) is 4.37 Å². The van der Waals surface area contributed by atoms with E-state index in [4.69, 9.17) is 5.73 Å². The van der Waals surface area contributed by atoms with Crippen LogP contribution in [0.15, 0.2) is 24.5 Å². The third-order valence-corrected chi connectivity index (χ3v) is 5.89. The highest BCUT2D eigenvalue weighted by Gasteiger charge is 2.38. The van der Waals surface area contributed by atoms with Gasteiger partial charge < -0.3 is 20.7 Å². The summed E-state index contributed by atoms with van der Waals surface area (Å²) in [7, 11) is 0. The van der Waals surface area contributed by atoms with Crippen molar-refractivity contribution in [3.63, 3.8) is 0 Å². The SMILES string of the molecule is CC[C@H]1CN(C(=O)O)C[C@H]1c1nnc2cnc3[nH]ccc3n12.Cc1cc(N)sn1. The molecule has 0 radical (unpaired) electrons. The van der Waals surface area contributed by atoms with Crippen molar-refractivity contribution in [2.24, 2.45) is 5.92 Å². The Kier molecular flexibility index (Phi) is 5.05. The smallest absolute Gasteiger partial charge is 0.407 e. The molecule has 0 unspecified atom stereocenters. The number of nitrogens with zero attached hydrogens (tertiary/aromatic N) is 6. The summed E-state index contributed by atoms with van der Waals surface area (Å²) >= 11 is 1.33. The predicted molar refractivity (Wildman–Crippen MR) is 110 cm³/mol. The van der Waals surface area contributed by atoms with Gasteiger partial charge in [0.15, 0.2) is 11.3 Å². The van der Waals surface area contributed by atoms with Crippen LogP contribution in [-0.4, -0.2) is 58.1 Å². The van der Waals surface area contributed by atoms with Gasteiger partial charge in [-0.15, -0.1) is 10.2 Å². The third-order valence-electron chi connectivity index (χ3n) is 5.18. The van der Waals surface area contributed by atoms with Crippen molar-refractivity contribution in [2.45, 2.75) is 26.2 Å². The van der Waals surface area contributed by atoms with Crippen LogP contribution in [0.1, 0.15) is 30.8 Å². The summed E-state index contributed by atoms with van der Waals surface area (Å²) in [5, 5.41) is 18.6. The number of H-pyrrole nitrogens is 1. The van der Waals surface area contributed by atoms with Crippen molar-refractivity contribution in [3.8, 4) is 0 Å². The lowest BCUT2D eigenvalue weighted by Crippen LogP contribution is -2.26. The van der Waals surface area contributed by atoms with Crippen LogP contribution in [0, 0.1) is 12.8 Å². The fraction of sp³-hybridized carbons (Fsp3) is 0.389. The molecule has 0 aliphatic carbocycles. The average Bonchev–Trinajstić information content (AvgIpc) is 3.46. The van der Waals surface area contributed by atoms with Crippen molar-refractivity contribution < 1.29 is 9.90 Å². The Morgan fingerprint density at radius 3 is 2.86 bits per heavy atom. The van der Waals surface area contributed by atoms with Gasteiger partial charge in [0.05, 0.1) is 17.4 Å². The number of nitrogens with two attached hydrogens (primary N) is 1. The molecular weight excluding hydrogens is 392 g/mol. The number of fused-ring (bicyclic) bond motifs is 3. The molecule has 2 atom stereocenters. The summed E-state index contributed by atoms with van der Waals surface area (Å²) in [4.78, 5) is 20.1. The van der Waals surface area contributed by atoms with Gasteiger partial charge >= 0.3 is 6.09 Å². The molecule has 1 aliphatic rings. The van der Waals surface area contributed by atoms with Gasteiger partial charge in [-0.25, -0.2) is 9.78 Å². The van der Waals surface area contributed by atoms with Crippen molar-refractivity contribution in [1.29, 1.82) is 0 Å². The van der Waals surface area contributed by atoms with Gasteiger partial charge in [0.2, 0.25) is 0 Å². The van der Waals surface area contributed by atoms with Gasteiger partial charge in [0.25, 0.3) is 0 Å². The minimum atomic E-state index is -0.872. The fourth-order valence-electron chi connectivity index (χ4n) is 3.76. The minimum absolute atomic E-state index is 0.0524. The van der Waals surface area contributed by atoms with Crippen LogP contribution < -0.4 is 5.73 Å². The first kappa shape index (κ1) is 19.1. The van der Waals surface area contributed by atoms with Crippen molar-refractivity contribution in [1.82, 2.24) is 33.8 Å². The normalized spacial score (nSPS) is 18.9. The molecule has 5 rings (SSSR count). The Balaban J connectivity index is 0.000000249. The molecule has 0 aromatic carbocycles. The van der Waals surface area contributed by atoms with Gasteiger partial charge in [0.1, 0.15) is 10.8 Å². The van der Waals surface area contributed by atoms with Crippen LogP contribution >= 0.6 is 11.5 Å². The highest BCUT2D eigenvalue weighted by Crippen LogP contribution is 2.34. The molecule has 0 spiro atoms. The molecule has 1 fully saturated rings. The molecule has 0 bridgehead atoms. The molecule has 11 heteroatoms. The first-order valence-corrected chi connectivity index (χ1v) is 10.1. The maximum Gasteiger partial charge on any atom is 0.407 e. The number of hydrogen-bond acceptors (Lipinski definition) is 7. The Bertz CT molecular complexity index is 1130. The van der Waals surface area contributed by atoms with Crippen molar-refractivity contribution in [2.75, 3.05) is 18.8 Å². The summed E-state index contributed by atoms with van der Waals surface area (Å²) in [6.45, 7) is 5.02. The summed E-state index contributed by atoms with van der Waals surface area (Å²) in [5.41, 5.74) is 8.71. The summed E-state index contributed by atoms with van der Waals surface area (Å²) in [6.07, 6.45) is 3.55. The second kappa shape index (κ2) is 7.66. The molecule has 1 aliphatic heterocycles. The average molecular weight is 414 g/mol. The van der Waals surface area contributed by atoms with E-state index >= 15 is 0 Å². The van der Waals surface area contributed by atoms with Crippen LogP contribution in [0.25, 0.3) is 16.8 Å². The van der Waals surface area contributed by atoms with E-state index in [2.05, 4.69) is 31.5 Å². The number of aromatic nitrogens is 6. The van der Waals surface area contributed by atoms with Crippen molar-refractivity contribution in [3.05, 3.63) is 36.0 Å². The molecule has 10 nitrogen and oxygen atoms in total. The molecule has 1 saturated heterocycles. The van der Waals surface area contributed by atoms with E-state index in [-0.39, 0.29) is 11.8 Å². The molecule has 152 valence electrons. The summed E-state index contributed by atoms with van der Waals surface area (Å²) in [5.74, 6) is 1.12. The van der Waals surface area contributed by atoms with Crippen LogP contribution in [0.4, 0.5) is 9.80 Å². The number of aromatic amines is 1. The van der Waals surface area contributed by atoms with E-state index in [1.54, 1.807) is 6.20 Å². The van der Waals surface area contributed by atoms with Crippen molar-refractivity contribution >= 4 is 39.4 Å². The Morgan fingerprint density at radius 1 is 1.41 bits per heavy atom. The lowest BCUT2D eigenvalue weighted by atomic mass is 9.93. The molecule has 4 aromatic rings. The quantitative estimate of drug-likeness (QED) is 0.458. The highest BCUT2D eigenvalue weighted by atomic mass is 32.1. The standard InChI is InChI=1S/C14H16N6O2.C4H6N2S/c1-2-8-6-19(14(21)22)7-9(8)13-18-17-11-5-16-12-10(20(11)13)3-4-15-12;1-3-2-4(5)7-6-3/h3-5,8-9,15H,2,6-7H2,1H3,(H,21,22);2H,5H2,1H3/t8-,9+;/m0./s1. The molecule has 29 heavy (non-hydrogen) atoms. The second-order valence-corrected chi connectivity index (χ2v) is 7.89. The Morgan fingerprint density at radius 2 is 2.24 bits per heavy atom. The van der Waals surface area contributed by atoms with Crippen LogP contribution in [0.3, 0.4) is 0 Å². The molecule has 4 N–H and O–H groups in total. The van der Waals surface area contributed by atoms with E-state index in [1.165, 1.54) is 16.4 Å².